The predicted octanol–water partition coefficient (Wildman–Crippen LogP) is 0.368. The Kier molecular flexibility index (Phi) is 10.8. The average Bonchev–Trinajstić information content (AvgIpc) is 2.46. The van der Waals surface area contributed by atoms with Crippen molar-refractivity contribution in [2.75, 3.05) is 19.8 Å². The van der Waals surface area contributed by atoms with Gasteiger partial charge in [0.25, 0.3) is 5.17 Å². The molecule has 0 aromatic carbocycles. The minimum Gasteiger partial charge on any atom is -0.459 e. The van der Waals surface area contributed by atoms with Crippen molar-refractivity contribution in [3.63, 3.8) is 0 Å². The van der Waals surface area contributed by atoms with E-state index >= 15 is 0 Å². The van der Waals surface area contributed by atoms with E-state index in [1.54, 1.807) is 45.2 Å². The summed E-state index contributed by atoms with van der Waals surface area (Å²) >= 11 is 4.49. The molecule has 8 nitrogen and oxygen atoms in total. The molecule has 1 rings (SSSR count). The van der Waals surface area contributed by atoms with Crippen LogP contribution in [0.25, 0.3) is 0 Å². The van der Waals surface area contributed by atoms with Crippen LogP contribution in [0, 0.1) is 0 Å². The highest BCUT2D eigenvalue weighted by Crippen LogP contribution is 2.07. The number of rotatable bonds is 6. The number of carbonyl (C=O) groups excluding carboxylic acids is 1. The van der Waals surface area contributed by atoms with Gasteiger partial charge >= 0.3 is 5.97 Å². The maximum Gasteiger partial charge on any atom is 0.325 e. The van der Waals surface area contributed by atoms with Crippen LogP contribution in [-0.4, -0.2) is 52.7 Å². The normalized spacial score (nSPS) is 11.7. The zero-order chi connectivity index (χ0) is 18.6. The lowest BCUT2D eigenvalue weighted by atomic mass is 10.2. The van der Waals surface area contributed by atoms with E-state index < -0.39 is 17.6 Å². The number of esters is 1. The van der Waals surface area contributed by atoms with Crippen LogP contribution in [0.2, 0.25) is 0 Å². The van der Waals surface area contributed by atoms with Crippen LogP contribution in [0.1, 0.15) is 20.8 Å². The smallest absolute Gasteiger partial charge is 0.325 e. The van der Waals surface area contributed by atoms with Crippen LogP contribution in [0.4, 0.5) is 0 Å². The van der Waals surface area contributed by atoms with Crippen LogP contribution >= 0.6 is 12.2 Å². The molecule has 24 heavy (non-hydrogen) atoms. The molecule has 0 fully saturated rings. The maximum absolute atomic E-state index is 11.3. The van der Waals surface area contributed by atoms with Crippen molar-refractivity contribution in [2.45, 2.75) is 32.4 Å². The number of nitrogens with two attached hydrogens (primary N) is 2. The van der Waals surface area contributed by atoms with Gasteiger partial charge in [-0.3, -0.25) is 4.79 Å². The third kappa shape index (κ3) is 12.7. The lowest BCUT2D eigenvalue weighted by Crippen LogP contribution is -2.40. The first-order valence-electron chi connectivity index (χ1n) is 7.21. The van der Waals surface area contributed by atoms with Crippen LogP contribution < -0.4 is 16.2 Å². The Morgan fingerprint density at radius 2 is 2.08 bits per heavy atom. The molecule has 0 aliphatic carbocycles. The molecule has 5 N–H and O–H groups in total. The van der Waals surface area contributed by atoms with Crippen molar-refractivity contribution in [2.24, 2.45) is 11.5 Å². The van der Waals surface area contributed by atoms with Crippen molar-refractivity contribution in [1.82, 2.24) is 4.98 Å². The van der Waals surface area contributed by atoms with Crippen molar-refractivity contribution >= 4 is 23.4 Å². The number of aliphatic hydroxyl groups excluding tert-OH is 1. The predicted molar refractivity (Wildman–Crippen MR) is 93.4 cm³/mol. The van der Waals surface area contributed by atoms with Gasteiger partial charge in [-0.1, -0.05) is 6.07 Å². The molecule has 0 amide bonds. The summed E-state index contributed by atoms with van der Waals surface area (Å²) in [6.07, 6.45) is 1.60. The van der Waals surface area contributed by atoms with Gasteiger partial charge in [0.05, 0.1) is 19.8 Å². The molecule has 0 aliphatic rings. The summed E-state index contributed by atoms with van der Waals surface area (Å²) in [5.41, 5.74) is 10.0. The second-order valence-corrected chi connectivity index (χ2v) is 5.93. The summed E-state index contributed by atoms with van der Waals surface area (Å²) in [4.78, 5) is 15.1. The van der Waals surface area contributed by atoms with Crippen molar-refractivity contribution in [1.29, 1.82) is 0 Å². The molecule has 0 spiro atoms. The Labute approximate surface area is 147 Å². The third-order valence-electron chi connectivity index (χ3n) is 2.09. The monoisotopic (exact) mass is 359 g/mol. The molecule has 1 aromatic heterocycles. The number of hydrogen-bond acceptors (Lipinski definition) is 8. The Bertz CT molecular complexity index is 494. The Morgan fingerprint density at radius 1 is 1.42 bits per heavy atom. The van der Waals surface area contributed by atoms with E-state index in [0.717, 1.165) is 0 Å². The van der Waals surface area contributed by atoms with E-state index in [2.05, 4.69) is 17.2 Å². The number of nitrogens with zero attached hydrogens (tertiary/aromatic N) is 1. The van der Waals surface area contributed by atoms with Gasteiger partial charge in [-0.15, -0.1) is 0 Å². The van der Waals surface area contributed by atoms with E-state index in [1.807, 2.05) is 0 Å². The van der Waals surface area contributed by atoms with E-state index in [-0.39, 0.29) is 25.0 Å². The molecular weight excluding hydrogens is 334 g/mol. The van der Waals surface area contributed by atoms with Gasteiger partial charge in [-0.05, 0) is 39.1 Å². The number of aliphatic hydroxyl groups is 1. The Morgan fingerprint density at radius 3 is 2.54 bits per heavy atom. The summed E-state index contributed by atoms with van der Waals surface area (Å²) in [6.45, 7) is 5.47. The molecular formula is C15H25N3O5S. The van der Waals surface area contributed by atoms with Crippen LogP contribution in [0.15, 0.2) is 24.4 Å². The molecule has 1 aromatic rings. The lowest BCUT2D eigenvalue weighted by molar-refractivity contribution is -0.158. The first-order valence-corrected chi connectivity index (χ1v) is 7.62. The van der Waals surface area contributed by atoms with E-state index in [1.165, 1.54) is 0 Å². The van der Waals surface area contributed by atoms with Crippen molar-refractivity contribution < 1.29 is 24.1 Å². The topological polar surface area (TPSA) is 130 Å². The van der Waals surface area contributed by atoms with Gasteiger partial charge in [0.1, 0.15) is 11.6 Å². The second kappa shape index (κ2) is 11.7. The fourth-order valence-electron chi connectivity index (χ4n) is 1.23. The number of thiocarbonyl (C=S) groups is 1. The molecule has 136 valence electrons. The summed E-state index contributed by atoms with van der Waals surface area (Å²) in [5, 5.41) is 8.41. The third-order valence-corrected chi connectivity index (χ3v) is 2.17. The lowest BCUT2D eigenvalue weighted by Gasteiger charge is -2.22. The number of carbonyl (C=O) groups is 1. The van der Waals surface area contributed by atoms with Gasteiger partial charge in [-0.2, -0.15) is 0 Å². The quantitative estimate of drug-likeness (QED) is 0.374. The Hall–Kier alpha value is -1.81. The molecule has 1 heterocycles. The highest BCUT2D eigenvalue weighted by Gasteiger charge is 2.21. The largest absolute Gasteiger partial charge is 0.459 e. The van der Waals surface area contributed by atoms with Gasteiger partial charge in [0, 0.05) is 12.3 Å². The number of ether oxygens (including phenoxy) is 3. The molecule has 0 radical (unpaired) electrons. The molecule has 0 bridgehead atoms. The molecule has 9 heteroatoms. The van der Waals surface area contributed by atoms with E-state index in [4.69, 9.17) is 30.8 Å². The number of hydrogen-bond donors (Lipinski definition) is 3. The Balaban J connectivity index is 0.000000463. The standard InChI is InChI=1S/C9H19NO4.C6H6N2OS/c1-9(2,3)14-8(12)7(10)6-13-5-4-11;7-6(10)9-5-3-1-2-4-8-5/h7,11H,4-6,10H2,1-3H3;1-4H,(H2,7,10). The number of pyridine rings is 1. The van der Waals surface area contributed by atoms with E-state index in [0.29, 0.717) is 5.88 Å². The molecule has 1 atom stereocenters. The maximum atomic E-state index is 11.3. The number of aromatic nitrogens is 1. The minimum absolute atomic E-state index is 0.0151. The van der Waals surface area contributed by atoms with Crippen molar-refractivity contribution in [3.8, 4) is 5.88 Å². The first kappa shape index (κ1) is 22.2. The zero-order valence-electron chi connectivity index (χ0n) is 14.1. The summed E-state index contributed by atoms with van der Waals surface area (Å²) in [5.74, 6) is -0.0644. The highest BCUT2D eigenvalue weighted by molar-refractivity contribution is 7.80. The fraction of sp³-hybridized carbons (Fsp3) is 0.533. The average molecular weight is 359 g/mol. The van der Waals surface area contributed by atoms with Crippen LogP contribution in [0.5, 0.6) is 5.88 Å². The highest BCUT2D eigenvalue weighted by atomic mass is 32.1. The SMILES string of the molecule is CC(C)(C)OC(=O)C(N)COCCO.NC(=S)Oc1ccccn1. The summed E-state index contributed by atoms with van der Waals surface area (Å²) in [7, 11) is 0. The van der Waals surface area contributed by atoms with Crippen LogP contribution in [-0.2, 0) is 14.3 Å². The van der Waals surface area contributed by atoms with Gasteiger partial charge in [0.2, 0.25) is 5.88 Å². The minimum atomic E-state index is -0.791. The molecule has 1 unspecified atom stereocenters. The molecule has 0 saturated carbocycles. The second-order valence-electron chi connectivity index (χ2n) is 5.53. The summed E-state index contributed by atoms with van der Waals surface area (Å²) < 4.78 is 14.7. The van der Waals surface area contributed by atoms with Crippen molar-refractivity contribution in [3.05, 3.63) is 24.4 Å². The van der Waals surface area contributed by atoms with Crippen LogP contribution in [0.3, 0.4) is 0 Å². The van der Waals surface area contributed by atoms with Gasteiger partial charge < -0.3 is 30.8 Å². The molecule has 0 saturated heterocycles. The van der Waals surface area contributed by atoms with E-state index in [9.17, 15) is 4.79 Å². The summed E-state index contributed by atoms with van der Waals surface area (Å²) in [6, 6.07) is 4.47. The van der Waals surface area contributed by atoms with Gasteiger partial charge in [0.15, 0.2) is 0 Å². The first-order chi connectivity index (χ1) is 11.2. The van der Waals surface area contributed by atoms with Gasteiger partial charge in [-0.25, -0.2) is 4.98 Å². The fourth-order valence-corrected chi connectivity index (χ4v) is 1.32. The zero-order valence-corrected chi connectivity index (χ0v) is 14.9. The molecule has 0 aliphatic heterocycles.